The Morgan fingerprint density at radius 2 is 0.790 bits per heavy atom. The van der Waals surface area contributed by atoms with Crippen LogP contribution in [0.4, 0.5) is 0 Å². The first-order valence-electron chi connectivity index (χ1n) is 21.2. The van der Waals surface area contributed by atoms with Gasteiger partial charge in [0.15, 0.2) is 5.82 Å². The van der Waals surface area contributed by atoms with Crippen LogP contribution in [0, 0.1) is 0 Å². The molecule has 2 nitrogen and oxygen atoms in total. The SMILES string of the molecule is c1ccc(-c2nc(-c3ccc(-c4ccc(-c5c6ccccc6cc6c5ccc5ccccc56)c5ccccc45)cc3)cc(-c3ccccc3-c3ccc4ccccc4c3)n2)cc1. The molecular formula is C60H38N2. The number of rotatable bonds is 6. The Hall–Kier alpha value is -8.20. The highest BCUT2D eigenvalue weighted by Crippen LogP contribution is 2.44. The van der Waals surface area contributed by atoms with Gasteiger partial charge in [-0.3, -0.25) is 0 Å². The molecule has 288 valence electrons. The minimum absolute atomic E-state index is 0.700. The van der Waals surface area contributed by atoms with Gasteiger partial charge in [0.2, 0.25) is 0 Å². The quantitative estimate of drug-likeness (QED) is 0.124. The Kier molecular flexibility index (Phi) is 8.53. The Bertz CT molecular complexity index is 3680. The lowest BCUT2D eigenvalue weighted by Crippen LogP contribution is -1.97. The monoisotopic (exact) mass is 786 g/mol. The molecule has 0 radical (unpaired) electrons. The normalized spacial score (nSPS) is 11.5. The highest BCUT2D eigenvalue weighted by molar-refractivity contribution is 6.23. The van der Waals surface area contributed by atoms with Crippen molar-refractivity contribution in [3.8, 4) is 67.3 Å². The molecule has 12 aromatic rings. The van der Waals surface area contributed by atoms with Gasteiger partial charge in [0, 0.05) is 16.7 Å². The third kappa shape index (κ3) is 6.12. The minimum Gasteiger partial charge on any atom is -0.228 e. The van der Waals surface area contributed by atoms with Gasteiger partial charge in [0.05, 0.1) is 11.4 Å². The van der Waals surface area contributed by atoms with Gasteiger partial charge in [0.25, 0.3) is 0 Å². The molecule has 0 unspecified atom stereocenters. The summed E-state index contributed by atoms with van der Waals surface area (Å²) in [5, 5.41) is 12.5. The van der Waals surface area contributed by atoms with Crippen molar-refractivity contribution in [2.24, 2.45) is 0 Å². The zero-order chi connectivity index (χ0) is 41.0. The molecule has 0 spiro atoms. The maximum absolute atomic E-state index is 5.22. The van der Waals surface area contributed by atoms with Crippen molar-refractivity contribution >= 4 is 53.9 Å². The molecule has 11 aromatic carbocycles. The second-order valence-electron chi connectivity index (χ2n) is 16.1. The third-order valence-corrected chi connectivity index (χ3v) is 12.5. The van der Waals surface area contributed by atoms with Crippen LogP contribution in [0.1, 0.15) is 0 Å². The number of benzene rings is 11. The van der Waals surface area contributed by atoms with E-state index in [4.69, 9.17) is 9.97 Å². The van der Waals surface area contributed by atoms with E-state index in [0.29, 0.717) is 5.82 Å². The zero-order valence-electron chi connectivity index (χ0n) is 33.8. The van der Waals surface area contributed by atoms with Gasteiger partial charge in [-0.2, -0.15) is 0 Å². The summed E-state index contributed by atoms with van der Waals surface area (Å²) in [5.41, 5.74) is 12.0. The van der Waals surface area contributed by atoms with Gasteiger partial charge in [-0.15, -0.1) is 0 Å². The lowest BCUT2D eigenvalue weighted by Gasteiger charge is -2.17. The molecule has 0 atom stereocenters. The number of hydrogen-bond acceptors (Lipinski definition) is 2. The van der Waals surface area contributed by atoms with Gasteiger partial charge in [0.1, 0.15) is 0 Å². The predicted molar refractivity (Wildman–Crippen MR) is 262 cm³/mol. The topological polar surface area (TPSA) is 25.8 Å². The van der Waals surface area contributed by atoms with Crippen LogP contribution >= 0.6 is 0 Å². The Morgan fingerprint density at radius 1 is 0.226 bits per heavy atom. The number of fused-ring (bicyclic) bond motifs is 6. The fourth-order valence-corrected chi connectivity index (χ4v) is 9.46. The molecule has 0 bridgehead atoms. The standard InChI is InChI=1S/C60H38N2/c1-2-16-43(17-3-1)60-61-57(38-58(62-60)53-25-13-10-21-48(53)46-31-26-39-14-4-5-18-44(39)36-46)42-29-27-41(28-30-42)49-34-35-54(52-24-12-11-23-51(49)52)59-50-22-9-7-19-45(50)37-56-47-20-8-6-15-40(47)32-33-55(56)59/h1-38H. The van der Waals surface area contributed by atoms with Gasteiger partial charge in [-0.25, -0.2) is 9.97 Å². The van der Waals surface area contributed by atoms with Crippen LogP contribution in [-0.2, 0) is 0 Å². The number of hydrogen-bond donors (Lipinski definition) is 0. The number of aromatic nitrogens is 2. The smallest absolute Gasteiger partial charge is 0.160 e. The highest BCUT2D eigenvalue weighted by atomic mass is 14.9. The van der Waals surface area contributed by atoms with Gasteiger partial charge in [-0.1, -0.05) is 212 Å². The first-order valence-corrected chi connectivity index (χ1v) is 21.2. The van der Waals surface area contributed by atoms with E-state index in [1.807, 2.05) is 18.2 Å². The van der Waals surface area contributed by atoms with Crippen LogP contribution < -0.4 is 0 Å². The number of nitrogens with zero attached hydrogens (tertiary/aromatic N) is 2. The van der Waals surface area contributed by atoms with Gasteiger partial charge >= 0.3 is 0 Å². The molecule has 0 fully saturated rings. The molecule has 12 rings (SSSR count). The van der Waals surface area contributed by atoms with Crippen molar-refractivity contribution < 1.29 is 0 Å². The van der Waals surface area contributed by atoms with Crippen LogP contribution in [0.5, 0.6) is 0 Å². The summed E-state index contributed by atoms with van der Waals surface area (Å²) >= 11 is 0. The third-order valence-electron chi connectivity index (χ3n) is 12.5. The summed E-state index contributed by atoms with van der Waals surface area (Å²) in [4.78, 5) is 10.4. The molecule has 62 heavy (non-hydrogen) atoms. The fourth-order valence-electron chi connectivity index (χ4n) is 9.46. The van der Waals surface area contributed by atoms with E-state index in [2.05, 4.69) is 212 Å². The van der Waals surface area contributed by atoms with Crippen LogP contribution in [-0.4, -0.2) is 9.97 Å². The summed E-state index contributed by atoms with van der Waals surface area (Å²) in [6.07, 6.45) is 0. The average Bonchev–Trinajstić information content (AvgIpc) is 3.35. The summed E-state index contributed by atoms with van der Waals surface area (Å²) in [7, 11) is 0. The van der Waals surface area contributed by atoms with E-state index >= 15 is 0 Å². The van der Waals surface area contributed by atoms with E-state index in [9.17, 15) is 0 Å². The summed E-state index contributed by atoms with van der Waals surface area (Å²) in [6.45, 7) is 0. The molecule has 1 aromatic heterocycles. The van der Waals surface area contributed by atoms with Gasteiger partial charge < -0.3 is 0 Å². The second kappa shape index (κ2) is 14.8. The molecule has 0 saturated heterocycles. The molecule has 0 aliphatic carbocycles. The lowest BCUT2D eigenvalue weighted by atomic mass is 9.86. The summed E-state index contributed by atoms with van der Waals surface area (Å²) in [6, 6.07) is 83.1. The second-order valence-corrected chi connectivity index (χ2v) is 16.1. The lowest BCUT2D eigenvalue weighted by molar-refractivity contribution is 1.18. The average molecular weight is 787 g/mol. The molecular weight excluding hydrogens is 749 g/mol. The van der Waals surface area contributed by atoms with E-state index in [1.165, 1.54) is 70.6 Å². The van der Waals surface area contributed by atoms with Crippen LogP contribution in [0.15, 0.2) is 231 Å². The summed E-state index contributed by atoms with van der Waals surface area (Å²) in [5.74, 6) is 0.700. The van der Waals surface area contributed by atoms with Crippen LogP contribution in [0.25, 0.3) is 121 Å². The first-order chi connectivity index (χ1) is 30.7. The van der Waals surface area contributed by atoms with Crippen molar-refractivity contribution in [3.63, 3.8) is 0 Å². The zero-order valence-corrected chi connectivity index (χ0v) is 33.8. The Morgan fingerprint density at radius 3 is 1.60 bits per heavy atom. The molecule has 0 saturated carbocycles. The molecule has 0 amide bonds. The van der Waals surface area contributed by atoms with E-state index in [1.54, 1.807) is 0 Å². The van der Waals surface area contributed by atoms with E-state index in [0.717, 1.165) is 44.8 Å². The van der Waals surface area contributed by atoms with Gasteiger partial charge in [-0.05, 0) is 105 Å². The van der Waals surface area contributed by atoms with Crippen molar-refractivity contribution in [2.45, 2.75) is 0 Å². The van der Waals surface area contributed by atoms with E-state index < -0.39 is 0 Å². The fraction of sp³-hybridized carbons (Fsp3) is 0. The maximum Gasteiger partial charge on any atom is 0.160 e. The molecule has 0 N–H and O–H groups in total. The Balaban J connectivity index is 0.977. The molecule has 1 heterocycles. The van der Waals surface area contributed by atoms with Crippen LogP contribution in [0.2, 0.25) is 0 Å². The molecule has 2 heteroatoms. The van der Waals surface area contributed by atoms with Crippen molar-refractivity contribution in [2.75, 3.05) is 0 Å². The maximum atomic E-state index is 5.22. The first kappa shape index (κ1) is 35.7. The molecule has 0 aliphatic rings. The van der Waals surface area contributed by atoms with Crippen molar-refractivity contribution in [3.05, 3.63) is 231 Å². The van der Waals surface area contributed by atoms with Crippen molar-refractivity contribution in [1.29, 1.82) is 0 Å². The van der Waals surface area contributed by atoms with Crippen LogP contribution in [0.3, 0.4) is 0 Å². The van der Waals surface area contributed by atoms with E-state index in [-0.39, 0.29) is 0 Å². The predicted octanol–water partition coefficient (Wildman–Crippen LogP) is 16.2. The Labute approximate surface area is 360 Å². The largest absolute Gasteiger partial charge is 0.228 e. The minimum atomic E-state index is 0.700. The highest BCUT2D eigenvalue weighted by Gasteiger charge is 2.18. The van der Waals surface area contributed by atoms with Crippen molar-refractivity contribution in [1.82, 2.24) is 9.97 Å². The molecule has 0 aliphatic heterocycles. The summed E-state index contributed by atoms with van der Waals surface area (Å²) < 4.78 is 0.